The second-order valence-corrected chi connectivity index (χ2v) is 12.4. The highest BCUT2D eigenvalue weighted by Crippen LogP contribution is 2.31. The van der Waals surface area contributed by atoms with Gasteiger partial charge in [0.2, 0.25) is 0 Å². The third-order valence-corrected chi connectivity index (χ3v) is 8.69. The number of nitrogens with zero attached hydrogens (tertiary/aromatic N) is 1. The molecule has 0 atom stereocenters. The molecule has 1 heterocycles. The Balaban J connectivity index is 1.63. The molecule has 0 saturated carbocycles. The first-order valence-electron chi connectivity index (χ1n) is 10.4. The first-order valence-corrected chi connectivity index (χ1v) is 13.9. The lowest BCUT2D eigenvalue weighted by Crippen LogP contribution is -2.39. The van der Waals surface area contributed by atoms with Crippen LogP contribution in [0.15, 0.2) is 52.3 Å². The molecule has 12 heteroatoms. The largest absolute Gasteiger partial charge is 0.416 e. The molecule has 1 amide bonds. The zero-order valence-corrected chi connectivity index (χ0v) is 19.8. The van der Waals surface area contributed by atoms with Crippen molar-refractivity contribution in [1.82, 2.24) is 4.90 Å². The Morgan fingerprint density at radius 3 is 2.26 bits per heavy atom. The summed E-state index contributed by atoms with van der Waals surface area (Å²) >= 11 is 0. The molecular weight excluding hydrogens is 498 g/mol. The predicted octanol–water partition coefficient (Wildman–Crippen LogP) is 3.96. The summed E-state index contributed by atoms with van der Waals surface area (Å²) in [4.78, 5) is 13.6. The second kappa shape index (κ2) is 9.65. The fourth-order valence-electron chi connectivity index (χ4n) is 3.89. The van der Waals surface area contributed by atoms with Crippen LogP contribution in [0, 0.1) is 11.7 Å². The Morgan fingerprint density at radius 2 is 1.68 bits per heavy atom. The minimum absolute atomic E-state index is 0.0912. The maximum atomic E-state index is 13.7. The minimum Gasteiger partial charge on any atom is -0.339 e. The molecule has 0 bridgehead atoms. The molecule has 0 spiro atoms. The van der Waals surface area contributed by atoms with Gasteiger partial charge in [0, 0.05) is 19.3 Å². The molecule has 0 radical (unpaired) electrons. The molecule has 1 aliphatic rings. The van der Waals surface area contributed by atoms with Gasteiger partial charge in [-0.1, -0.05) is 6.07 Å². The van der Waals surface area contributed by atoms with Crippen molar-refractivity contribution in [2.24, 2.45) is 5.92 Å². The van der Waals surface area contributed by atoms with Crippen LogP contribution in [0.25, 0.3) is 0 Å². The average Bonchev–Trinajstić information content (AvgIpc) is 2.76. The SMILES string of the molecule is CS(=O)(=O)c1ccc(F)cc1C(=O)N1CCC(CCS(=O)(=O)c2cccc(C(F)(F)F)c2)CC1. The van der Waals surface area contributed by atoms with Crippen LogP contribution in [0.1, 0.15) is 35.2 Å². The van der Waals surface area contributed by atoms with Crippen molar-refractivity contribution in [3.8, 4) is 0 Å². The van der Waals surface area contributed by atoms with Crippen LogP contribution in [-0.4, -0.2) is 52.7 Å². The summed E-state index contributed by atoms with van der Waals surface area (Å²) in [5, 5.41) is 0. The second-order valence-electron chi connectivity index (χ2n) is 8.28. The monoisotopic (exact) mass is 521 g/mol. The van der Waals surface area contributed by atoms with Crippen molar-refractivity contribution in [1.29, 1.82) is 0 Å². The van der Waals surface area contributed by atoms with Gasteiger partial charge in [0.05, 0.1) is 26.7 Å². The topological polar surface area (TPSA) is 88.6 Å². The summed E-state index contributed by atoms with van der Waals surface area (Å²) in [7, 11) is -7.69. The summed E-state index contributed by atoms with van der Waals surface area (Å²) in [5.74, 6) is -1.80. The highest BCUT2D eigenvalue weighted by atomic mass is 32.2. The number of hydrogen-bond donors (Lipinski definition) is 0. The molecular formula is C22H23F4NO5S2. The van der Waals surface area contributed by atoms with Gasteiger partial charge in [0.25, 0.3) is 5.91 Å². The molecule has 0 aliphatic carbocycles. The lowest BCUT2D eigenvalue weighted by atomic mass is 9.94. The number of carbonyl (C=O) groups excluding carboxylic acids is 1. The fourth-order valence-corrected chi connectivity index (χ4v) is 6.23. The molecule has 2 aromatic rings. The molecule has 0 N–H and O–H groups in total. The first kappa shape index (κ1) is 26.1. The van der Waals surface area contributed by atoms with E-state index >= 15 is 0 Å². The van der Waals surface area contributed by atoms with Crippen molar-refractivity contribution in [2.75, 3.05) is 25.1 Å². The average molecular weight is 522 g/mol. The zero-order valence-electron chi connectivity index (χ0n) is 18.2. The Morgan fingerprint density at radius 1 is 1.03 bits per heavy atom. The number of carbonyl (C=O) groups is 1. The van der Waals surface area contributed by atoms with E-state index in [1.54, 1.807) is 0 Å². The highest BCUT2D eigenvalue weighted by Gasteiger charge is 2.32. The number of benzene rings is 2. The normalized spacial score (nSPS) is 16.0. The van der Waals surface area contributed by atoms with Gasteiger partial charge in [-0.3, -0.25) is 4.79 Å². The van der Waals surface area contributed by atoms with E-state index in [4.69, 9.17) is 0 Å². The molecule has 1 aliphatic heterocycles. The molecule has 1 fully saturated rings. The predicted molar refractivity (Wildman–Crippen MR) is 116 cm³/mol. The Kier molecular flexibility index (Phi) is 7.42. The lowest BCUT2D eigenvalue weighted by molar-refractivity contribution is -0.137. The van der Waals surface area contributed by atoms with E-state index in [2.05, 4.69) is 0 Å². The van der Waals surface area contributed by atoms with Crippen molar-refractivity contribution >= 4 is 25.6 Å². The Hall–Kier alpha value is -2.47. The van der Waals surface area contributed by atoms with Gasteiger partial charge in [0.1, 0.15) is 5.82 Å². The Labute approximate surface area is 195 Å². The number of halogens is 4. The van der Waals surface area contributed by atoms with Gasteiger partial charge in [-0.25, -0.2) is 21.2 Å². The number of sulfone groups is 2. The van der Waals surface area contributed by atoms with Crippen LogP contribution in [0.5, 0.6) is 0 Å². The van der Waals surface area contributed by atoms with Crippen LogP contribution in [-0.2, 0) is 25.9 Å². The first-order chi connectivity index (χ1) is 15.7. The van der Waals surface area contributed by atoms with E-state index in [1.807, 2.05) is 0 Å². The smallest absolute Gasteiger partial charge is 0.339 e. The standard InChI is InChI=1S/C22H23F4NO5S2/c1-33(29,30)20-6-5-17(23)14-19(20)21(28)27-10-7-15(8-11-27)9-12-34(31,32)18-4-2-3-16(13-18)22(24,25)26/h2-6,13-15H,7-12H2,1H3. The molecule has 6 nitrogen and oxygen atoms in total. The summed E-state index contributed by atoms with van der Waals surface area (Å²) in [5.41, 5.74) is -1.29. The van der Waals surface area contributed by atoms with Crippen molar-refractivity contribution in [3.63, 3.8) is 0 Å². The van der Waals surface area contributed by atoms with Crippen LogP contribution >= 0.6 is 0 Å². The third-order valence-electron chi connectivity index (χ3n) is 5.79. The van der Waals surface area contributed by atoms with E-state index < -0.39 is 48.0 Å². The summed E-state index contributed by atoms with van der Waals surface area (Å²) in [6, 6.07) is 6.50. The van der Waals surface area contributed by atoms with Crippen molar-refractivity contribution < 1.29 is 39.2 Å². The number of rotatable bonds is 6. The van der Waals surface area contributed by atoms with Crippen molar-refractivity contribution in [2.45, 2.75) is 35.2 Å². The summed E-state index contributed by atoms with van der Waals surface area (Å²) in [6.45, 7) is 0.430. The maximum absolute atomic E-state index is 13.7. The summed E-state index contributed by atoms with van der Waals surface area (Å²) in [6.07, 6.45) is -2.67. The summed E-state index contributed by atoms with van der Waals surface area (Å²) < 4.78 is 101. The number of hydrogen-bond acceptors (Lipinski definition) is 5. The van der Waals surface area contributed by atoms with Crippen LogP contribution < -0.4 is 0 Å². The molecule has 0 aromatic heterocycles. The molecule has 1 saturated heterocycles. The van der Waals surface area contributed by atoms with E-state index in [9.17, 15) is 39.2 Å². The quantitative estimate of drug-likeness (QED) is 0.424. The number of amides is 1. The molecule has 2 aromatic carbocycles. The third kappa shape index (κ3) is 6.15. The highest BCUT2D eigenvalue weighted by molar-refractivity contribution is 7.91. The molecule has 0 unspecified atom stereocenters. The van der Waals surface area contributed by atoms with E-state index in [0.29, 0.717) is 18.9 Å². The van der Waals surface area contributed by atoms with Gasteiger partial charge in [-0.05, 0) is 61.6 Å². The van der Waals surface area contributed by atoms with E-state index in [-0.39, 0.29) is 41.6 Å². The fraction of sp³-hybridized carbons (Fsp3) is 0.409. The number of alkyl halides is 3. The molecule has 3 rings (SSSR count). The lowest BCUT2D eigenvalue weighted by Gasteiger charge is -2.32. The maximum Gasteiger partial charge on any atom is 0.416 e. The minimum atomic E-state index is -4.65. The van der Waals surface area contributed by atoms with Crippen LogP contribution in [0.4, 0.5) is 17.6 Å². The van der Waals surface area contributed by atoms with Gasteiger partial charge in [0.15, 0.2) is 19.7 Å². The Bertz CT molecular complexity index is 1280. The molecule has 186 valence electrons. The number of piperidine rings is 1. The van der Waals surface area contributed by atoms with Gasteiger partial charge >= 0.3 is 6.18 Å². The van der Waals surface area contributed by atoms with Gasteiger partial charge in [-0.2, -0.15) is 13.2 Å². The van der Waals surface area contributed by atoms with E-state index in [0.717, 1.165) is 42.7 Å². The van der Waals surface area contributed by atoms with Gasteiger partial charge in [-0.15, -0.1) is 0 Å². The van der Waals surface area contributed by atoms with Crippen molar-refractivity contribution in [3.05, 3.63) is 59.4 Å². The molecule has 34 heavy (non-hydrogen) atoms. The van der Waals surface area contributed by atoms with Crippen LogP contribution in [0.2, 0.25) is 0 Å². The van der Waals surface area contributed by atoms with E-state index in [1.165, 1.54) is 4.90 Å². The van der Waals surface area contributed by atoms with Gasteiger partial charge < -0.3 is 4.90 Å². The number of likely N-dealkylation sites (tertiary alicyclic amines) is 1. The zero-order chi connectivity index (χ0) is 25.3. The van der Waals surface area contributed by atoms with Crippen LogP contribution in [0.3, 0.4) is 0 Å².